The second-order valence-electron chi connectivity index (χ2n) is 5.65. The van der Waals surface area contributed by atoms with Crippen LogP contribution in [0.5, 0.6) is 0 Å². The molecule has 0 aromatic carbocycles. The van der Waals surface area contributed by atoms with E-state index in [9.17, 15) is 4.79 Å². The van der Waals surface area contributed by atoms with E-state index in [1.807, 2.05) is 13.0 Å². The van der Waals surface area contributed by atoms with E-state index in [-0.39, 0.29) is 12.1 Å². The van der Waals surface area contributed by atoms with Gasteiger partial charge in [-0.05, 0) is 38.2 Å². The van der Waals surface area contributed by atoms with Crippen molar-refractivity contribution in [2.45, 2.75) is 53.6 Å². The van der Waals surface area contributed by atoms with Crippen molar-refractivity contribution in [2.24, 2.45) is 11.3 Å². The summed E-state index contributed by atoms with van der Waals surface area (Å²) in [5.41, 5.74) is 1.72. The Morgan fingerprint density at radius 3 is 2.76 bits per heavy atom. The summed E-state index contributed by atoms with van der Waals surface area (Å²) in [5.74, 6) is 0.228. The summed E-state index contributed by atoms with van der Waals surface area (Å²) < 4.78 is 5.10. The summed E-state index contributed by atoms with van der Waals surface area (Å²) >= 11 is 0. The molecule has 0 heterocycles. The van der Waals surface area contributed by atoms with Crippen molar-refractivity contribution in [3.8, 4) is 0 Å². The smallest absolute Gasteiger partial charge is 0.303 e. The first-order valence-electron chi connectivity index (χ1n) is 6.35. The minimum absolute atomic E-state index is 0.141. The predicted octanol–water partition coefficient (Wildman–Crippen LogP) is 3.88. The van der Waals surface area contributed by atoms with Crippen molar-refractivity contribution >= 4 is 5.97 Å². The minimum Gasteiger partial charge on any atom is -0.459 e. The third-order valence-electron chi connectivity index (χ3n) is 3.51. The third kappa shape index (κ3) is 4.03. The monoisotopic (exact) mass is 236 g/mol. The molecule has 0 aromatic rings. The molecule has 0 bridgehead atoms. The molecule has 2 heteroatoms. The van der Waals surface area contributed by atoms with Gasteiger partial charge in [0.05, 0.1) is 0 Å². The summed E-state index contributed by atoms with van der Waals surface area (Å²) in [7, 11) is 0. The summed E-state index contributed by atoms with van der Waals surface area (Å²) in [5, 5.41) is 0. The van der Waals surface area contributed by atoms with Crippen molar-refractivity contribution in [1.82, 2.24) is 0 Å². The van der Waals surface area contributed by atoms with Gasteiger partial charge in [-0.3, -0.25) is 4.79 Å². The van der Waals surface area contributed by atoms with E-state index in [1.165, 1.54) is 25.3 Å². The fraction of sp³-hybridized carbons (Fsp3) is 0.667. The van der Waals surface area contributed by atoms with Crippen molar-refractivity contribution in [1.29, 1.82) is 0 Å². The largest absolute Gasteiger partial charge is 0.459 e. The van der Waals surface area contributed by atoms with Crippen LogP contribution >= 0.6 is 0 Å². The van der Waals surface area contributed by atoms with Crippen LogP contribution in [0.4, 0.5) is 0 Å². The van der Waals surface area contributed by atoms with Gasteiger partial charge in [-0.1, -0.05) is 31.6 Å². The minimum atomic E-state index is -0.225. The van der Waals surface area contributed by atoms with Gasteiger partial charge in [0, 0.05) is 12.8 Å². The highest BCUT2D eigenvalue weighted by Gasteiger charge is 2.30. The number of ether oxygens (including phenoxy) is 1. The van der Waals surface area contributed by atoms with Gasteiger partial charge in [0.2, 0.25) is 0 Å². The Morgan fingerprint density at radius 2 is 2.24 bits per heavy atom. The molecule has 1 aliphatic carbocycles. The van der Waals surface area contributed by atoms with Gasteiger partial charge >= 0.3 is 5.97 Å². The molecule has 1 aliphatic rings. The highest BCUT2D eigenvalue weighted by molar-refractivity contribution is 5.66. The van der Waals surface area contributed by atoms with Crippen molar-refractivity contribution < 1.29 is 9.53 Å². The molecule has 1 rings (SSSR count). The van der Waals surface area contributed by atoms with Crippen molar-refractivity contribution in [3.63, 3.8) is 0 Å². The van der Waals surface area contributed by atoms with Crippen molar-refractivity contribution in [3.05, 3.63) is 23.8 Å². The third-order valence-corrected chi connectivity index (χ3v) is 3.51. The SMILES string of the molecule is CC(=O)O[C@@H](C)/C=C/[C@@H]1C(C)=CCCC1(C)C. The molecule has 2 nitrogen and oxygen atoms in total. The van der Waals surface area contributed by atoms with E-state index >= 15 is 0 Å². The zero-order chi connectivity index (χ0) is 13.1. The van der Waals surface area contributed by atoms with Crippen LogP contribution in [0.25, 0.3) is 0 Å². The van der Waals surface area contributed by atoms with Gasteiger partial charge < -0.3 is 4.74 Å². The van der Waals surface area contributed by atoms with E-state index in [2.05, 4.69) is 32.9 Å². The molecule has 0 aromatic heterocycles. The molecule has 0 saturated carbocycles. The quantitative estimate of drug-likeness (QED) is 0.549. The lowest BCUT2D eigenvalue weighted by molar-refractivity contribution is -0.143. The lowest BCUT2D eigenvalue weighted by atomic mass is 9.68. The Bertz CT molecular complexity index is 337. The van der Waals surface area contributed by atoms with E-state index in [1.54, 1.807) is 0 Å². The second-order valence-corrected chi connectivity index (χ2v) is 5.65. The van der Waals surface area contributed by atoms with Crippen molar-refractivity contribution in [2.75, 3.05) is 0 Å². The molecule has 0 unspecified atom stereocenters. The molecule has 0 fully saturated rings. The van der Waals surface area contributed by atoms with E-state index < -0.39 is 0 Å². The second kappa shape index (κ2) is 5.52. The van der Waals surface area contributed by atoms with Gasteiger partial charge in [0.15, 0.2) is 0 Å². The topological polar surface area (TPSA) is 26.3 Å². The van der Waals surface area contributed by atoms with Crippen LogP contribution in [-0.4, -0.2) is 12.1 Å². The molecular formula is C15H24O2. The molecule has 2 atom stereocenters. The Hall–Kier alpha value is -1.05. The van der Waals surface area contributed by atoms with Gasteiger partial charge in [-0.15, -0.1) is 0 Å². The summed E-state index contributed by atoms with van der Waals surface area (Å²) in [4.78, 5) is 10.8. The zero-order valence-electron chi connectivity index (χ0n) is 11.6. The summed E-state index contributed by atoms with van der Waals surface area (Å²) in [6.07, 6.45) is 8.74. The molecule has 17 heavy (non-hydrogen) atoms. The van der Waals surface area contributed by atoms with Crippen LogP contribution in [0.3, 0.4) is 0 Å². The first kappa shape index (κ1) is 14.0. The molecule has 0 N–H and O–H groups in total. The summed E-state index contributed by atoms with van der Waals surface area (Å²) in [6, 6.07) is 0. The van der Waals surface area contributed by atoms with Crippen LogP contribution in [0.15, 0.2) is 23.8 Å². The van der Waals surface area contributed by atoms with E-state index in [4.69, 9.17) is 4.74 Å². The Kier molecular flexibility index (Phi) is 4.55. The highest BCUT2D eigenvalue weighted by Crippen LogP contribution is 2.41. The van der Waals surface area contributed by atoms with Gasteiger partial charge in [0.25, 0.3) is 0 Å². The van der Waals surface area contributed by atoms with Gasteiger partial charge in [0.1, 0.15) is 6.10 Å². The highest BCUT2D eigenvalue weighted by atomic mass is 16.5. The molecule has 0 spiro atoms. The van der Waals surface area contributed by atoms with Crippen LogP contribution in [0, 0.1) is 11.3 Å². The molecule has 96 valence electrons. The first-order valence-corrected chi connectivity index (χ1v) is 6.35. The number of hydrogen-bond donors (Lipinski definition) is 0. The number of carbonyl (C=O) groups excluding carboxylic acids is 1. The lowest BCUT2D eigenvalue weighted by Crippen LogP contribution is -2.26. The van der Waals surface area contributed by atoms with Crippen LogP contribution in [-0.2, 0) is 9.53 Å². The lowest BCUT2D eigenvalue weighted by Gasteiger charge is -2.36. The maximum Gasteiger partial charge on any atom is 0.303 e. The normalized spacial score (nSPS) is 25.5. The first-order chi connectivity index (χ1) is 7.83. The van der Waals surface area contributed by atoms with E-state index in [0.29, 0.717) is 11.3 Å². The van der Waals surface area contributed by atoms with Crippen LogP contribution < -0.4 is 0 Å². The van der Waals surface area contributed by atoms with Crippen LogP contribution in [0.2, 0.25) is 0 Å². The Morgan fingerprint density at radius 1 is 1.59 bits per heavy atom. The summed E-state index contributed by atoms with van der Waals surface area (Å²) in [6.45, 7) is 10.1. The molecule has 0 amide bonds. The number of hydrogen-bond acceptors (Lipinski definition) is 2. The van der Waals surface area contributed by atoms with E-state index in [0.717, 1.165) is 0 Å². The molecule has 0 aliphatic heterocycles. The zero-order valence-corrected chi connectivity index (χ0v) is 11.6. The number of esters is 1. The fourth-order valence-corrected chi connectivity index (χ4v) is 2.55. The molecule has 0 saturated heterocycles. The Balaban J connectivity index is 2.71. The average Bonchev–Trinajstić information content (AvgIpc) is 2.14. The standard InChI is InChI=1S/C15H24O2/c1-11-7-6-10-15(4,5)14(11)9-8-12(2)17-13(3)16/h7-9,12,14H,6,10H2,1-5H3/b9-8+/t12-,14+/m0/s1. The van der Waals surface area contributed by atoms with Crippen LogP contribution in [0.1, 0.15) is 47.5 Å². The molecular weight excluding hydrogens is 212 g/mol. The maximum absolute atomic E-state index is 10.8. The Labute approximate surface area is 105 Å². The number of rotatable bonds is 3. The van der Waals surface area contributed by atoms with Gasteiger partial charge in [-0.25, -0.2) is 0 Å². The average molecular weight is 236 g/mol. The number of carbonyl (C=O) groups is 1. The fourth-order valence-electron chi connectivity index (χ4n) is 2.55. The number of allylic oxidation sites excluding steroid dienone is 3. The van der Waals surface area contributed by atoms with Gasteiger partial charge in [-0.2, -0.15) is 0 Å². The predicted molar refractivity (Wildman–Crippen MR) is 70.6 cm³/mol. The molecule has 0 radical (unpaired) electrons. The maximum atomic E-state index is 10.8.